The average molecular weight is 267 g/mol. The van der Waals surface area contributed by atoms with Crippen LogP contribution in [-0.4, -0.2) is 35.3 Å². The lowest BCUT2D eigenvalue weighted by molar-refractivity contribution is 0.00504. The van der Waals surface area contributed by atoms with E-state index in [9.17, 15) is 0 Å². The number of rotatable bonds is 8. The Morgan fingerprint density at radius 1 is 1.26 bits per heavy atom. The Morgan fingerprint density at radius 2 is 2.00 bits per heavy atom. The van der Waals surface area contributed by atoms with Crippen molar-refractivity contribution in [3.05, 3.63) is 18.1 Å². The number of hydrogen-bond donors (Lipinski definition) is 1. The van der Waals surface area contributed by atoms with Crippen LogP contribution in [0.15, 0.2) is 12.4 Å². The standard InChI is InChI=1S/C14H25N3O2/c1-11(2)15-8-12-9-17-13(10-16-12)19-7-6-14(3,4)18-5/h9-11,15H,6-8H2,1-5H3. The maximum Gasteiger partial charge on any atom is 0.232 e. The van der Waals surface area contributed by atoms with E-state index in [-0.39, 0.29) is 5.60 Å². The summed E-state index contributed by atoms with van der Waals surface area (Å²) in [5.41, 5.74) is 0.743. The summed E-state index contributed by atoms with van der Waals surface area (Å²) < 4.78 is 10.9. The first-order chi connectivity index (χ1) is 8.93. The first-order valence-corrected chi connectivity index (χ1v) is 6.65. The fraction of sp³-hybridized carbons (Fsp3) is 0.714. The van der Waals surface area contributed by atoms with Crippen molar-refractivity contribution in [3.8, 4) is 5.88 Å². The summed E-state index contributed by atoms with van der Waals surface area (Å²) in [5.74, 6) is 0.556. The second-order valence-corrected chi connectivity index (χ2v) is 5.44. The summed E-state index contributed by atoms with van der Waals surface area (Å²) in [6.07, 6.45) is 4.21. The zero-order chi connectivity index (χ0) is 14.3. The second-order valence-electron chi connectivity index (χ2n) is 5.44. The third kappa shape index (κ3) is 6.50. The normalized spacial score (nSPS) is 11.9. The van der Waals surface area contributed by atoms with Crippen LogP contribution in [0.2, 0.25) is 0 Å². The molecule has 0 bridgehead atoms. The minimum absolute atomic E-state index is 0.172. The Bertz CT molecular complexity index is 363. The molecule has 0 radical (unpaired) electrons. The number of methoxy groups -OCH3 is 1. The monoisotopic (exact) mass is 267 g/mol. The van der Waals surface area contributed by atoms with E-state index >= 15 is 0 Å². The van der Waals surface area contributed by atoms with Crippen LogP contribution in [0.1, 0.15) is 39.8 Å². The van der Waals surface area contributed by atoms with Gasteiger partial charge in [-0.05, 0) is 13.8 Å². The van der Waals surface area contributed by atoms with Gasteiger partial charge in [0.1, 0.15) is 0 Å². The van der Waals surface area contributed by atoms with Crippen LogP contribution in [-0.2, 0) is 11.3 Å². The summed E-state index contributed by atoms with van der Waals surface area (Å²) in [5, 5.41) is 3.29. The summed E-state index contributed by atoms with van der Waals surface area (Å²) in [6.45, 7) is 9.55. The van der Waals surface area contributed by atoms with Gasteiger partial charge in [0.15, 0.2) is 0 Å². The number of ether oxygens (including phenoxy) is 2. The topological polar surface area (TPSA) is 56.3 Å². The van der Waals surface area contributed by atoms with Gasteiger partial charge in [0.05, 0.1) is 30.3 Å². The van der Waals surface area contributed by atoms with Crippen molar-refractivity contribution in [1.29, 1.82) is 0 Å². The van der Waals surface area contributed by atoms with Crippen molar-refractivity contribution in [1.82, 2.24) is 15.3 Å². The molecule has 1 aromatic heterocycles. The zero-order valence-electron chi connectivity index (χ0n) is 12.6. The van der Waals surface area contributed by atoms with Crippen molar-refractivity contribution in [2.75, 3.05) is 13.7 Å². The molecule has 0 unspecified atom stereocenters. The van der Waals surface area contributed by atoms with Crippen LogP contribution in [0.5, 0.6) is 5.88 Å². The first kappa shape index (κ1) is 15.9. The molecule has 0 saturated carbocycles. The van der Waals surface area contributed by atoms with E-state index in [1.807, 2.05) is 13.8 Å². The molecule has 0 fully saturated rings. The summed E-state index contributed by atoms with van der Waals surface area (Å²) in [4.78, 5) is 8.54. The Labute approximate surface area is 115 Å². The molecule has 108 valence electrons. The fourth-order valence-corrected chi connectivity index (χ4v) is 1.32. The molecule has 0 aromatic carbocycles. The van der Waals surface area contributed by atoms with Crippen LogP contribution in [0.4, 0.5) is 0 Å². The van der Waals surface area contributed by atoms with Gasteiger partial charge in [-0.25, -0.2) is 4.98 Å². The van der Waals surface area contributed by atoms with Gasteiger partial charge in [0, 0.05) is 26.1 Å². The lowest BCUT2D eigenvalue weighted by atomic mass is 10.1. The van der Waals surface area contributed by atoms with Crippen molar-refractivity contribution in [2.24, 2.45) is 0 Å². The van der Waals surface area contributed by atoms with Gasteiger partial charge in [-0.15, -0.1) is 0 Å². The second kappa shape index (κ2) is 7.40. The molecule has 19 heavy (non-hydrogen) atoms. The van der Waals surface area contributed by atoms with Crippen molar-refractivity contribution < 1.29 is 9.47 Å². The maximum atomic E-state index is 5.55. The van der Waals surface area contributed by atoms with Crippen LogP contribution in [0.25, 0.3) is 0 Å². The van der Waals surface area contributed by atoms with Gasteiger partial charge >= 0.3 is 0 Å². The Morgan fingerprint density at radius 3 is 2.53 bits per heavy atom. The van der Waals surface area contributed by atoms with Crippen LogP contribution in [0.3, 0.4) is 0 Å². The van der Waals surface area contributed by atoms with E-state index in [1.54, 1.807) is 19.5 Å². The molecule has 0 spiro atoms. The molecular formula is C14H25N3O2. The van der Waals surface area contributed by atoms with Crippen LogP contribution < -0.4 is 10.1 Å². The minimum atomic E-state index is -0.172. The van der Waals surface area contributed by atoms with E-state index in [2.05, 4.69) is 29.1 Å². The third-order valence-corrected chi connectivity index (χ3v) is 2.88. The van der Waals surface area contributed by atoms with Gasteiger partial charge in [-0.2, -0.15) is 0 Å². The van der Waals surface area contributed by atoms with Crippen LogP contribution >= 0.6 is 0 Å². The van der Waals surface area contributed by atoms with Crippen LogP contribution in [0, 0.1) is 0 Å². The molecule has 5 heteroatoms. The average Bonchev–Trinajstić information content (AvgIpc) is 2.37. The predicted molar refractivity (Wildman–Crippen MR) is 75.2 cm³/mol. The highest BCUT2D eigenvalue weighted by atomic mass is 16.5. The molecule has 1 heterocycles. The number of nitrogens with zero attached hydrogens (tertiary/aromatic N) is 2. The molecule has 0 saturated heterocycles. The highest BCUT2D eigenvalue weighted by molar-refractivity contribution is 5.07. The van der Waals surface area contributed by atoms with Crippen molar-refractivity contribution >= 4 is 0 Å². The zero-order valence-corrected chi connectivity index (χ0v) is 12.6. The van der Waals surface area contributed by atoms with Gasteiger partial charge in [0.25, 0.3) is 0 Å². The molecule has 5 nitrogen and oxygen atoms in total. The van der Waals surface area contributed by atoms with E-state index in [0.29, 0.717) is 18.5 Å². The van der Waals surface area contributed by atoms with Crippen molar-refractivity contribution in [3.63, 3.8) is 0 Å². The summed E-state index contributed by atoms with van der Waals surface area (Å²) in [6, 6.07) is 0.439. The lowest BCUT2D eigenvalue weighted by Gasteiger charge is -2.22. The molecule has 1 N–H and O–H groups in total. The summed E-state index contributed by atoms with van der Waals surface area (Å²) >= 11 is 0. The third-order valence-electron chi connectivity index (χ3n) is 2.88. The fourth-order valence-electron chi connectivity index (χ4n) is 1.32. The Balaban J connectivity index is 2.36. The molecular weight excluding hydrogens is 242 g/mol. The van der Waals surface area contributed by atoms with E-state index < -0.39 is 0 Å². The predicted octanol–water partition coefficient (Wildman–Crippen LogP) is 2.17. The largest absolute Gasteiger partial charge is 0.476 e. The van der Waals surface area contributed by atoms with E-state index in [4.69, 9.17) is 9.47 Å². The van der Waals surface area contributed by atoms with Gasteiger partial charge < -0.3 is 14.8 Å². The smallest absolute Gasteiger partial charge is 0.232 e. The number of hydrogen-bond acceptors (Lipinski definition) is 5. The molecule has 0 atom stereocenters. The minimum Gasteiger partial charge on any atom is -0.476 e. The number of nitrogens with one attached hydrogen (secondary N) is 1. The van der Waals surface area contributed by atoms with Gasteiger partial charge in [0.2, 0.25) is 5.88 Å². The van der Waals surface area contributed by atoms with Gasteiger partial charge in [-0.1, -0.05) is 13.8 Å². The number of aromatic nitrogens is 2. The lowest BCUT2D eigenvalue weighted by Crippen LogP contribution is -2.25. The maximum absolute atomic E-state index is 5.55. The molecule has 0 aliphatic carbocycles. The molecule has 0 aliphatic rings. The van der Waals surface area contributed by atoms with E-state index in [1.165, 1.54) is 0 Å². The molecule has 1 rings (SSSR count). The summed E-state index contributed by atoms with van der Waals surface area (Å²) in [7, 11) is 1.70. The Kier molecular flexibility index (Phi) is 6.18. The Hall–Kier alpha value is -1.20. The molecule has 1 aromatic rings. The van der Waals surface area contributed by atoms with E-state index in [0.717, 1.165) is 18.7 Å². The van der Waals surface area contributed by atoms with Gasteiger partial charge in [-0.3, -0.25) is 4.98 Å². The highest BCUT2D eigenvalue weighted by Gasteiger charge is 2.16. The SMILES string of the molecule is COC(C)(C)CCOc1cnc(CNC(C)C)cn1. The first-order valence-electron chi connectivity index (χ1n) is 6.65. The highest BCUT2D eigenvalue weighted by Crippen LogP contribution is 2.13. The van der Waals surface area contributed by atoms with Crippen molar-refractivity contribution in [2.45, 2.75) is 52.3 Å². The quantitative estimate of drug-likeness (QED) is 0.782. The molecule has 0 amide bonds. The molecule has 0 aliphatic heterocycles.